The van der Waals surface area contributed by atoms with Crippen LogP contribution in [0.4, 0.5) is 5.69 Å². The van der Waals surface area contributed by atoms with Gasteiger partial charge in [-0.05, 0) is 56.0 Å². The maximum atomic E-state index is 12.4. The number of nitrogens with one attached hydrogen (secondary N) is 1. The van der Waals surface area contributed by atoms with Crippen LogP contribution in [0.15, 0.2) is 41.8 Å². The molecule has 1 aliphatic heterocycles. The minimum Gasteiger partial charge on any atom is -0.352 e. The topological polar surface area (TPSA) is 83.6 Å². The standard InChI is InChI=1S/C18H20N2O4S2/c1-18(2)12-26(23,24)20(17(18)22)14-7-5-13(6-8-14)16(21)19-10-9-15-4-3-11-25-15/h3-8,11H,9-10,12H2,1-2H3,(H,19,21). The third-order valence-corrected chi connectivity index (χ3v) is 7.14. The molecule has 2 heterocycles. The van der Waals surface area contributed by atoms with E-state index in [1.165, 1.54) is 29.1 Å². The van der Waals surface area contributed by atoms with Gasteiger partial charge in [0, 0.05) is 17.0 Å². The first-order valence-electron chi connectivity index (χ1n) is 8.19. The lowest BCUT2D eigenvalue weighted by Gasteiger charge is -2.17. The number of anilines is 1. The van der Waals surface area contributed by atoms with E-state index in [2.05, 4.69) is 5.32 Å². The van der Waals surface area contributed by atoms with Crippen molar-refractivity contribution < 1.29 is 18.0 Å². The molecule has 1 saturated heterocycles. The summed E-state index contributed by atoms with van der Waals surface area (Å²) in [7, 11) is -3.68. The Kier molecular flexibility index (Phi) is 4.90. The van der Waals surface area contributed by atoms with Crippen LogP contribution in [-0.4, -0.2) is 32.5 Å². The zero-order valence-corrected chi connectivity index (χ0v) is 16.2. The van der Waals surface area contributed by atoms with Gasteiger partial charge in [-0.25, -0.2) is 12.7 Å². The highest BCUT2D eigenvalue weighted by atomic mass is 32.2. The molecular weight excluding hydrogens is 372 g/mol. The first-order chi connectivity index (χ1) is 12.2. The first kappa shape index (κ1) is 18.6. The van der Waals surface area contributed by atoms with Crippen LogP contribution in [0.25, 0.3) is 0 Å². The zero-order chi connectivity index (χ0) is 18.9. The number of carbonyl (C=O) groups excluding carboxylic acids is 2. The van der Waals surface area contributed by atoms with Gasteiger partial charge in [-0.1, -0.05) is 6.07 Å². The number of hydrogen-bond acceptors (Lipinski definition) is 5. The minimum absolute atomic E-state index is 0.218. The number of benzene rings is 1. The van der Waals surface area contributed by atoms with Crippen LogP contribution in [-0.2, 0) is 21.2 Å². The fourth-order valence-electron chi connectivity index (χ4n) is 2.87. The molecule has 0 spiro atoms. The largest absolute Gasteiger partial charge is 0.352 e. The van der Waals surface area contributed by atoms with E-state index in [9.17, 15) is 18.0 Å². The summed E-state index contributed by atoms with van der Waals surface area (Å²) in [4.78, 5) is 25.8. The first-order valence-corrected chi connectivity index (χ1v) is 10.7. The lowest BCUT2D eigenvalue weighted by atomic mass is 9.95. The Balaban J connectivity index is 1.68. The van der Waals surface area contributed by atoms with E-state index in [1.54, 1.807) is 25.2 Å². The van der Waals surface area contributed by atoms with E-state index in [1.807, 2.05) is 17.5 Å². The minimum atomic E-state index is -3.68. The van der Waals surface area contributed by atoms with Gasteiger partial charge in [0.1, 0.15) is 0 Å². The second kappa shape index (κ2) is 6.85. The van der Waals surface area contributed by atoms with E-state index in [0.29, 0.717) is 12.1 Å². The maximum absolute atomic E-state index is 12.4. The van der Waals surface area contributed by atoms with Gasteiger partial charge in [-0.2, -0.15) is 0 Å². The van der Waals surface area contributed by atoms with Crippen molar-refractivity contribution in [2.45, 2.75) is 20.3 Å². The van der Waals surface area contributed by atoms with Crippen LogP contribution in [0.1, 0.15) is 29.1 Å². The number of thiophene rings is 1. The maximum Gasteiger partial charge on any atom is 0.251 e. The molecule has 1 N–H and O–H groups in total. The average Bonchev–Trinajstić information content (AvgIpc) is 3.12. The summed E-state index contributed by atoms with van der Waals surface area (Å²) in [5.74, 6) is -0.904. The van der Waals surface area contributed by atoms with Crippen LogP contribution in [0, 0.1) is 5.41 Å². The summed E-state index contributed by atoms with van der Waals surface area (Å²) in [6, 6.07) is 10.0. The molecule has 3 rings (SSSR count). The molecule has 2 aromatic rings. The molecule has 0 aliphatic carbocycles. The van der Waals surface area contributed by atoms with Crippen molar-refractivity contribution in [1.29, 1.82) is 0 Å². The molecule has 2 amide bonds. The molecule has 0 bridgehead atoms. The number of hydrogen-bond donors (Lipinski definition) is 1. The van der Waals surface area contributed by atoms with Crippen LogP contribution < -0.4 is 9.62 Å². The molecule has 0 atom stereocenters. The Hall–Kier alpha value is -2.19. The second-order valence-electron chi connectivity index (χ2n) is 6.84. The van der Waals surface area contributed by atoms with Gasteiger partial charge >= 0.3 is 0 Å². The Morgan fingerprint density at radius 2 is 1.92 bits per heavy atom. The fourth-order valence-corrected chi connectivity index (χ4v) is 5.68. The smallest absolute Gasteiger partial charge is 0.251 e. The van der Waals surface area contributed by atoms with Crippen LogP contribution in [0.5, 0.6) is 0 Å². The molecule has 8 heteroatoms. The molecule has 26 heavy (non-hydrogen) atoms. The second-order valence-corrected chi connectivity index (χ2v) is 9.69. The monoisotopic (exact) mass is 392 g/mol. The van der Waals surface area contributed by atoms with Gasteiger partial charge in [-0.15, -0.1) is 11.3 Å². The van der Waals surface area contributed by atoms with Crippen molar-refractivity contribution in [2.75, 3.05) is 16.6 Å². The zero-order valence-electron chi connectivity index (χ0n) is 14.6. The van der Waals surface area contributed by atoms with E-state index in [4.69, 9.17) is 0 Å². The summed E-state index contributed by atoms with van der Waals surface area (Å²) >= 11 is 1.64. The number of nitrogens with zero attached hydrogens (tertiary/aromatic N) is 1. The third kappa shape index (κ3) is 3.66. The lowest BCUT2D eigenvalue weighted by molar-refractivity contribution is -0.123. The molecule has 138 valence electrons. The van der Waals surface area contributed by atoms with Crippen LogP contribution >= 0.6 is 11.3 Å². The van der Waals surface area contributed by atoms with Gasteiger partial charge in [0.25, 0.3) is 5.91 Å². The van der Waals surface area contributed by atoms with E-state index in [-0.39, 0.29) is 17.3 Å². The van der Waals surface area contributed by atoms with Crippen LogP contribution in [0.2, 0.25) is 0 Å². The highest BCUT2D eigenvalue weighted by Crippen LogP contribution is 2.35. The molecule has 0 saturated carbocycles. The van der Waals surface area contributed by atoms with Crippen molar-refractivity contribution in [3.05, 3.63) is 52.2 Å². The molecule has 0 unspecified atom stereocenters. The predicted octanol–water partition coefficient (Wildman–Crippen LogP) is 2.42. The van der Waals surface area contributed by atoms with Crippen molar-refractivity contribution in [1.82, 2.24) is 5.32 Å². The van der Waals surface area contributed by atoms with Gasteiger partial charge in [0.2, 0.25) is 15.9 Å². The Morgan fingerprint density at radius 3 is 2.46 bits per heavy atom. The molecule has 1 aromatic heterocycles. The summed E-state index contributed by atoms with van der Waals surface area (Å²) < 4.78 is 25.4. The normalized spacial score (nSPS) is 18.1. The Morgan fingerprint density at radius 1 is 1.23 bits per heavy atom. The third-order valence-electron chi connectivity index (χ3n) is 4.19. The van der Waals surface area contributed by atoms with Gasteiger partial charge < -0.3 is 5.32 Å². The molecule has 1 fully saturated rings. The Labute approximate surface area is 156 Å². The van der Waals surface area contributed by atoms with E-state index < -0.39 is 21.3 Å². The van der Waals surface area contributed by atoms with Crippen molar-refractivity contribution in [3.8, 4) is 0 Å². The fraction of sp³-hybridized carbons (Fsp3) is 0.333. The highest BCUT2D eigenvalue weighted by Gasteiger charge is 2.49. The molecule has 6 nitrogen and oxygen atoms in total. The SMILES string of the molecule is CC1(C)CS(=O)(=O)N(c2ccc(C(=O)NCCc3cccs3)cc2)C1=O. The molecular formula is C18H20N2O4S2. The van der Waals surface area contributed by atoms with Crippen molar-refractivity contribution in [2.24, 2.45) is 5.41 Å². The van der Waals surface area contributed by atoms with Gasteiger partial charge in [-0.3, -0.25) is 9.59 Å². The number of sulfonamides is 1. The van der Waals surface area contributed by atoms with E-state index in [0.717, 1.165) is 10.7 Å². The quantitative estimate of drug-likeness (QED) is 0.847. The highest BCUT2D eigenvalue weighted by molar-refractivity contribution is 7.94. The van der Waals surface area contributed by atoms with Crippen molar-refractivity contribution in [3.63, 3.8) is 0 Å². The summed E-state index contributed by atoms with van der Waals surface area (Å²) in [5, 5.41) is 4.82. The summed E-state index contributed by atoms with van der Waals surface area (Å²) in [5.41, 5.74) is -0.268. The summed E-state index contributed by atoms with van der Waals surface area (Å²) in [6.07, 6.45) is 0.761. The van der Waals surface area contributed by atoms with Crippen molar-refractivity contribution >= 4 is 38.9 Å². The number of amides is 2. The van der Waals surface area contributed by atoms with Gasteiger partial charge in [0.05, 0.1) is 16.9 Å². The van der Waals surface area contributed by atoms with Gasteiger partial charge in [0.15, 0.2) is 0 Å². The number of rotatable bonds is 5. The van der Waals surface area contributed by atoms with Crippen LogP contribution in [0.3, 0.4) is 0 Å². The molecule has 0 radical (unpaired) electrons. The Bertz CT molecular complexity index is 917. The molecule has 1 aromatic carbocycles. The van der Waals surface area contributed by atoms with E-state index >= 15 is 0 Å². The number of carbonyl (C=O) groups is 2. The lowest BCUT2D eigenvalue weighted by Crippen LogP contribution is -2.33. The molecule has 1 aliphatic rings. The summed E-state index contributed by atoms with van der Waals surface area (Å²) in [6.45, 7) is 3.75. The predicted molar refractivity (Wildman–Crippen MR) is 102 cm³/mol. The average molecular weight is 393 g/mol.